The van der Waals surface area contributed by atoms with Crippen LogP contribution in [0.5, 0.6) is 0 Å². The van der Waals surface area contributed by atoms with Gasteiger partial charge in [-0.15, -0.1) is 0 Å². The van der Waals surface area contributed by atoms with Gasteiger partial charge in [-0.2, -0.15) is 0 Å². The molecule has 27 heavy (non-hydrogen) atoms. The van der Waals surface area contributed by atoms with E-state index < -0.39 is 5.97 Å². The van der Waals surface area contributed by atoms with E-state index in [1.807, 2.05) is 19.9 Å². The SMILES string of the molecule is CCC1C(C)C(Nc2nccc(C)n2)c2cc(C(=O)O)ccc2N1C(C)=O. The summed E-state index contributed by atoms with van der Waals surface area (Å²) in [7, 11) is 0. The number of carbonyl (C=O) groups excluding carboxylic acids is 1. The van der Waals surface area contributed by atoms with Crippen LogP contribution in [-0.2, 0) is 4.79 Å². The van der Waals surface area contributed by atoms with Crippen LogP contribution in [0, 0.1) is 12.8 Å². The van der Waals surface area contributed by atoms with Crippen LogP contribution in [0.4, 0.5) is 11.6 Å². The minimum atomic E-state index is -0.997. The topological polar surface area (TPSA) is 95.4 Å². The van der Waals surface area contributed by atoms with Crippen molar-refractivity contribution < 1.29 is 14.7 Å². The van der Waals surface area contributed by atoms with Crippen LogP contribution in [0.2, 0.25) is 0 Å². The first kappa shape index (κ1) is 18.8. The lowest BCUT2D eigenvalue weighted by molar-refractivity contribution is -0.117. The van der Waals surface area contributed by atoms with Gasteiger partial charge in [0.1, 0.15) is 0 Å². The fourth-order valence-electron chi connectivity index (χ4n) is 3.90. The summed E-state index contributed by atoms with van der Waals surface area (Å²) >= 11 is 0. The summed E-state index contributed by atoms with van der Waals surface area (Å²) in [5.41, 5.74) is 2.54. The normalized spacial score (nSPS) is 21.5. The molecule has 0 bridgehead atoms. The van der Waals surface area contributed by atoms with Crippen LogP contribution in [0.3, 0.4) is 0 Å². The van der Waals surface area contributed by atoms with Gasteiger partial charge in [0.05, 0.1) is 11.6 Å². The minimum Gasteiger partial charge on any atom is -0.478 e. The molecular formula is C20H24N4O3. The molecule has 0 aliphatic carbocycles. The van der Waals surface area contributed by atoms with Gasteiger partial charge in [-0.3, -0.25) is 4.79 Å². The highest BCUT2D eigenvalue weighted by Gasteiger charge is 2.40. The standard InChI is InChI=1S/C20H24N4O3/c1-5-16-12(3)18(23-20-21-9-8-11(2)22-20)15-10-14(19(26)27)6-7-17(15)24(16)13(4)25/h6-10,12,16,18H,5H2,1-4H3,(H,26,27)(H,21,22,23). The lowest BCUT2D eigenvalue weighted by Gasteiger charge is -2.45. The van der Waals surface area contributed by atoms with Crippen molar-refractivity contribution in [2.24, 2.45) is 5.92 Å². The van der Waals surface area contributed by atoms with Gasteiger partial charge in [0.2, 0.25) is 11.9 Å². The van der Waals surface area contributed by atoms with Gasteiger partial charge >= 0.3 is 5.97 Å². The minimum absolute atomic E-state index is 0.00649. The van der Waals surface area contributed by atoms with Crippen molar-refractivity contribution in [3.05, 3.63) is 47.3 Å². The van der Waals surface area contributed by atoms with Crippen molar-refractivity contribution in [3.63, 3.8) is 0 Å². The molecule has 0 spiro atoms. The molecule has 3 atom stereocenters. The molecule has 142 valence electrons. The third kappa shape index (κ3) is 3.49. The number of carbonyl (C=O) groups is 2. The van der Waals surface area contributed by atoms with E-state index in [0.29, 0.717) is 5.95 Å². The second-order valence-corrected chi connectivity index (χ2v) is 6.95. The molecular weight excluding hydrogens is 344 g/mol. The molecule has 0 fully saturated rings. The Morgan fingerprint density at radius 1 is 1.30 bits per heavy atom. The van der Waals surface area contributed by atoms with Gasteiger partial charge in [-0.25, -0.2) is 14.8 Å². The largest absolute Gasteiger partial charge is 0.478 e. The second kappa shape index (κ2) is 7.34. The number of carboxylic acid groups (broad SMARTS) is 1. The van der Waals surface area contributed by atoms with Gasteiger partial charge in [0.15, 0.2) is 0 Å². The number of fused-ring (bicyclic) bond motifs is 1. The number of benzene rings is 1. The third-order valence-electron chi connectivity index (χ3n) is 5.17. The summed E-state index contributed by atoms with van der Waals surface area (Å²) in [5, 5.41) is 12.8. The second-order valence-electron chi connectivity index (χ2n) is 6.95. The molecule has 2 aromatic rings. The Balaban J connectivity index is 2.14. The van der Waals surface area contributed by atoms with E-state index in [9.17, 15) is 14.7 Å². The van der Waals surface area contributed by atoms with E-state index in [1.54, 1.807) is 36.2 Å². The summed E-state index contributed by atoms with van der Waals surface area (Å²) in [6, 6.07) is 6.51. The number of anilines is 2. The van der Waals surface area contributed by atoms with Crippen LogP contribution < -0.4 is 10.2 Å². The average Bonchev–Trinajstić information content (AvgIpc) is 2.62. The molecule has 0 radical (unpaired) electrons. The average molecular weight is 368 g/mol. The van der Waals surface area contributed by atoms with Crippen molar-refractivity contribution in [1.82, 2.24) is 9.97 Å². The summed E-state index contributed by atoms with van der Waals surface area (Å²) in [6.45, 7) is 7.55. The molecule has 2 heterocycles. The zero-order valence-corrected chi connectivity index (χ0v) is 15.9. The zero-order valence-electron chi connectivity index (χ0n) is 15.9. The highest BCUT2D eigenvalue weighted by Crippen LogP contribution is 2.43. The molecule has 7 nitrogen and oxygen atoms in total. The number of nitrogens with one attached hydrogen (secondary N) is 1. The van der Waals surface area contributed by atoms with E-state index in [2.05, 4.69) is 22.2 Å². The van der Waals surface area contributed by atoms with Crippen molar-refractivity contribution >= 4 is 23.5 Å². The number of amides is 1. The Hall–Kier alpha value is -2.96. The summed E-state index contributed by atoms with van der Waals surface area (Å²) in [6.07, 6.45) is 2.47. The van der Waals surface area contributed by atoms with Gasteiger partial charge < -0.3 is 15.3 Å². The lowest BCUT2D eigenvalue weighted by Crippen LogP contribution is -2.49. The smallest absolute Gasteiger partial charge is 0.335 e. The molecule has 0 saturated heterocycles. The molecule has 7 heteroatoms. The van der Waals surface area contributed by atoms with Crippen LogP contribution in [0.15, 0.2) is 30.5 Å². The van der Waals surface area contributed by atoms with E-state index >= 15 is 0 Å². The number of nitrogens with zero attached hydrogens (tertiary/aromatic N) is 3. The Kier molecular flexibility index (Phi) is 5.12. The molecule has 1 aliphatic heterocycles. The maximum atomic E-state index is 12.4. The maximum absolute atomic E-state index is 12.4. The molecule has 0 saturated carbocycles. The molecule has 1 amide bonds. The predicted molar refractivity (Wildman–Crippen MR) is 103 cm³/mol. The number of aromatic carboxylic acids is 1. The van der Waals surface area contributed by atoms with Crippen molar-refractivity contribution in [3.8, 4) is 0 Å². The monoisotopic (exact) mass is 368 g/mol. The van der Waals surface area contributed by atoms with Gasteiger partial charge in [-0.05, 0) is 43.2 Å². The molecule has 1 aromatic carbocycles. The highest BCUT2D eigenvalue weighted by molar-refractivity contribution is 5.95. The lowest BCUT2D eigenvalue weighted by atomic mass is 9.80. The van der Waals surface area contributed by atoms with Gasteiger partial charge in [-0.1, -0.05) is 13.8 Å². The number of rotatable bonds is 4. The predicted octanol–water partition coefficient (Wildman–Crippen LogP) is 3.42. The number of hydrogen-bond donors (Lipinski definition) is 2. The van der Waals surface area contributed by atoms with Crippen LogP contribution >= 0.6 is 0 Å². The molecule has 1 aromatic heterocycles. The van der Waals surface area contributed by atoms with Crippen molar-refractivity contribution in [2.75, 3.05) is 10.2 Å². The van der Waals surface area contributed by atoms with Crippen LogP contribution in [0.1, 0.15) is 54.8 Å². The van der Waals surface area contributed by atoms with Gasteiger partial charge in [0, 0.05) is 36.5 Å². The highest BCUT2D eigenvalue weighted by atomic mass is 16.4. The quantitative estimate of drug-likeness (QED) is 0.858. The Labute approximate surface area is 158 Å². The fourth-order valence-corrected chi connectivity index (χ4v) is 3.90. The number of aromatic nitrogens is 2. The number of hydrogen-bond acceptors (Lipinski definition) is 5. The number of aryl methyl sites for hydroxylation is 1. The summed E-state index contributed by atoms with van der Waals surface area (Å²) < 4.78 is 0. The fraction of sp³-hybridized carbons (Fsp3) is 0.400. The first-order chi connectivity index (χ1) is 12.8. The Morgan fingerprint density at radius 2 is 2.04 bits per heavy atom. The van der Waals surface area contributed by atoms with Crippen molar-refractivity contribution in [2.45, 2.75) is 46.2 Å². The van der Waals surface area contributed by atoms with Crippen molar-refractivity contribution in [1.29, 1.82) is 0 Å². The van der Waals surface area contributed by atoms with E-state index in [-0.39, 0.29) is 29.5 Å². The number of carboxylic acids is 1. The van der Waals surface area contributed by atoms with Gasteiger partial charge in [0.25, 0.3) is 0 Å². The van der Waals surface area contributed by atoms with Crippen LogP contribution in [0.25, 0.3) is 0 Å². The first-order valence-electron chi connectivity index (χ1n) is 9.06. The van der Waals surface area contributed by atoms with E-state index in [1.165, 1.54) is 0 Å². The molecule has 3 unspecified atom stereocenters. The summed E-state index contributed by atoms with van der Waals surface area (Å²) in [5.74, 6) is -0.518. The maximum Gasteiger partial charge on any atom is 0.335 e. The zero-order chi connectivity index (χ0) is 19.7. The molecule has 3 rings (SSSR count). The van der Waals surface area contributed by atoms with E-state index in [0.717, 1.165) is 23.4 Å². The third-order valence-corrected chi connectivity index (χ3v) is 5.17. The Morgan fingerprint density at radius 3 is 2.63 bits per heavy atom. The Bertz CT molecular complexity index is 883. The first-order valence-corrected chi connectivity index (χ1v) is 9.06. The molecule has 1 aliphatic rings. The van der Waals surface area contributed by atoms with Crippen LogP contribution in [-0.4, -0.2) is 33.0 Å². The van der Waals surface area contributed by atoms with E-state index in [4.69, 9.17) is 0 Å². The molecule has 2 N–H and O–H groups in total. The summed E-state index contributed by atoms with van der Waals surface area (Å²) in [4.78, 5) is 34.3.